The first kappa shape index (κ1) is 12.2. The Kier molecular flexibility index (Phi) is 3.67. The SMILES string of the molecule is CC(c1ccccc1)N1CCCN2CCCC2C1. The van der Waals surface area contributed by atoms with Crippen molar-refractivity contribution < 1.29 is 0 Å². The van der Waals surface area contributed by atoms with E-state index in [1.54, 1.807) is 0 Å². The second kappa shape index (κ2) is 5.41. The Morgan fingerprint density at radius 1 is 1.06 bits per heavy atom. The van der Waals surface area contributed by atoms with Crippen molar-refractivity contribution in [1.82, 2.24) is 9.80 Å². The van der Waals surface area contributed by atoms with Gasteiger partial charge in [0.2, 0.25) is 0 Å². The van der Waals surface area contributed by atoms with Gasteiger partial charge in [-0.15, -0.1) is 0 Å². The molecule has 0 amide bonds. The van der Waals surface area contributed by atoms with Gasteiger partial charge in [-0.2, -0.15) is 0 Å². The summed E-state index contributed by atoms with van der Waals surface area (Å²) in [5.74, 6) is 0. The van der Waals surface area contributed by atoms with E-state index in [0.29, 0.717) is 6.04 Å². The molecule has 0 aromatic heterocycles. The minimum absolute atomic E-state index is 0.562. The topological polar surface area (TPSA) is 6.48 Å². The lowest BCUT2D eigenvalue weighted by Crippen LogP contribution is -2.37. The molecule has 0 spiro atoms. The maximum Gasteiger partial charge on any atom is 0.0320 e. The van der Waals surface area contributed by atoms with E-state index in [2.05, 4.69) is 47.1 Å². The van der Waals surface area contributed by atoms with Gasteiger partial charge in [0.25, 0.3) is 0 Å². The van der Waals surface area contributed by atoms with E-state index >= 15 is 0 Å². The molecule has 2 aliphatic heterocycles. The minimum atomic E-state index is 0.562. The Hall–Kier alpha value is -0.860. The smallest absolute Gasteiger partial charge is 0.0320 e. The van der Waals surface area contributed by atoms with Gasteiger partial charge in [0.1, 0.15) is 0 Å². The third kappa shape index (κ3) is 2.45. The fraction of sp³-hybridized carbons (Fsp3) is 0.625. The highest BCUT2D eigenvalue weighted by molar-refractivity contribution is 5.18. The maximum atomic E-state index is 2.71. The maximum absolute atomic E-state index is 2.71. The lowest BCUT2D eigenvalue weighted by molar-refractivity contribution is 0.182. The molecular weight excluding hydrogens is 220 g/mol. The van der Waals surface area contributed by atoms with Crippen LogP contribution in [0.4, 0.5) is 0 Å². The first-order valence-corrected chi connectivity index (χ1v) is 7.37. The van der Waals surface area contributed by atoms with Crippen LogP contribution in [-0.4, -0.2) is 42.0 Å². The minimum Gasteiger partial charge on any atom is -0.299 e. The number of nitrogens with zero attached hydrogens (tertiary/aromatic N) is 2. The lowest BCUT2D eigenvalue weighted by Gasteiger charge is -2.30. The molecule has 18 heavy (non-hydrogen) atoms. The third-order valence-electron chi connectivity index (χ3n) is 4.66. The quantitative estimate of drug-likeness (QED) is 0.789. The Bertz CT molecular complexity index is 376. The summed E-state index contributed by atoms with van der Waals surface area (Å²) in [4.78, 5) is 5.39. The predicted molar refractivity (Wildman–Crippen MR) is 75.6 cm³/mol. The van der Waals surface area contributed by atoms with Crippen LogP contribution >= 0.6 is 0 Å². The molecule has 2 fully saturated rings. The van der Waals surface area contributed by atoms with E-state index in [0.717, 1.165) is 6.04 Å². The van der Waals surface area contributed by atoms with Gasteiger partial charge in [-0.05, 0) is 44.8 Å². The number of hydrogen-bond donors (Lipinski definition) is 0. The molecule has 1 aromatic rings. The zero-order valence-electron chi connectivity index (χ0n) is 11.4. The largest absolute Gasteiger partial charge is 0.299 e. The molecule has 2 atom stereocenters. The van der Waals surface area contributed by atoms with Crippen molar-refractivity contribution in [2.75, 3.05) is 26.2 Å². The van der Waals surface area contributed by atoms with E-state index in [4.69, 9.17) is 0 Å². The third-order valence-corrected chi connectivity index (χ3v) is 4.66. The summed E-state index contributed by atoms with van der Waals surface area (Å²) in [6.07, 6.45) is 4.13. The summed E-state index contributed by atoms with van der Waals surface area (Å²) >= 11 is 0. The predicted octanol–water partition coefficient (Wildman–Crippen LogP) is 2.92. The van der Waals surface area contributed by atoms with Crippen LogP contribution in [-0.2, 0) is 0 Å². The monoisotopic (exact) mass is 244 g/mol. The average molecular weight is 244 g/mol. The van der Waals surface area contributed by atoms with E-state index < -0.39 is 0 Å². The Morgan fingerprint density at radius 3 is 2.67 bits per heavy atom. The number of rotatable bonds is 2. The second-order valence-corrected chi connectivity index (χ2v) is 5.77. The summed E-state index contributed by atoms with van der Waals surface area (Å²) in [5.41, 5.74) is 1.46. The van der Waals surface area contributed by atoms with Crippen molar-refractivity contribution in [3.63, 3.8) is 0 Å². The standard InChI is InChI=1S/C16H24N2/c1-14(15-7-3-2-4-8-15)18-12-6-11-17-10-5-9-16(17)13-18/h2-4,7-8,14,16H,5-6,9-13H2,1H3. The first-order valence-electron chi connectivity index (χ1n) is 7.37. The summed E-state index contributed by atoms with van der Waals surface area (Å²) in [6.45, 7) is 7.51. The van der Waals surface area contributed by atoms with Crippen LogP contribution in [0.15, 0.2) is 30.3 Å². The number of benzene rings is 1. The zero-order valence-corrected chi connectivity index (χ0v) is 11.4. The molecule has 0 radical (unpaired) electrons. The molecule has 0 aliphatic carbocycles. The van der Waals surface area contributed by atoms with Gasteiger partial charge in [0, 0.05) is 25.2 Å². The lowest BCUT2D eigenvalue weighted by atomic mass is 10.1. The molecular formula is C16H24N2. The van der Waals surface area contributed by atoms with E-state index in [-0.39, 0.29) is 0 Å². The van der Waals surface area contributed by atoms with Crippen molar-refractivity contribution in [2.45, 2.75) is 38.3 Å². The van der Waals surface area contributed by atoms with E-state index in [1.165, 1.54) is 51.0 Å². The first-order chi connectivity index (χ1) is 8.84. The van der Waals surface area contributed by atoms with Crippen LogP contribution in [0.2, 0.25) is 0 Å². The highest BCUT2D eigenvalue weighted by Gasteiger charge is 2.30. The van der Waals surface area contributed by atoms with Crippen molar-refractivity contribution in [2.24, 2.45) is 0 Å². The molecule has 2 heteroatoms. The van der Waals surface area contributed by atoms with E-state index in [1.807, 2.05) is 0 Å². The molecule has 0 bridgehead atoms. The van der Waals surface area contributed by atoms with Crippen LogP contribution in [0.1, 0.15) is 37.8 Å². The molecule has 0 N–H and O–H groups in total. The van der Waals surface area contributed by atoms with Crippen LogP contribution in [0, 0.1) is 0 Å². The fourth-order valence-corrected chi connectivity index (χ4v) is 3.53. The summed E-state index contributed by atoms with van der Waals surface area (Å²) in [7, 11) is 0. The summed E-state index contributed by atoms with van der Waals surface area (Å²) in [6, 6.07) is 12.3. The highest BCUT2D eigenvalue weighted by atomic mass is 15.3. The molecule has 98 valence electrons. The van der Waals surface area contributed by atoms with Gasteiger partial charge in [-0.25, -0.2) is 0 Å². The van der Waals surface area contributed by atoms with Gasteiger partial charge in [-0.3, -0.25) is 9.80 Å². The molecule has 0 saturated carbocycles. The fourth-order valence-electron chi connectivity index (χ4n) is 3.53. The Morgan fingerprint density at radius 2 is 1.83 bits per heavy atom. The second-order valence-electron chi connectivity index (χ2n) is 5.77. The van der Waals surface area contributed by atoms with Crippen molar-refractivity contribution >= 4 is 0 Å². The van der Waals surface area contributed by atoms with E-state index in [9.17, 15) is 0 Å². The van der Waals surface area contributed by atoms with Crippen molar-refractivity contribution in [1.29, 1.82) is 0 Å². The van der Waals surface area contributed by atoms with Gasteiger partial charge in [0.05, 0.1) is 0 Å². The van der Waals surface area contributed by atoms with Crippen LogP contribution in [0.3, 0.4) is 0 Å². The van der Waals surface area contributed by atoms with Gasteiger partial charge < -0.3 is 0 Å². The summed E-state index contributed by atoms with van der Waals surface area (Å²) < 4.78 is 0. The zero-order chi connectivity index (χ0) is 12.4. The van der Waals surface area contributed by atoms with Crippen molar-refractivity contribution in [3.05, 3.63) is 35.9 Å². The molecule has 2 heterocycles. The average Bonchev–Trinajstić information content (AvgIpc) is 2.76. The molecule has 2 saturated heterocycles. The molecule has 2 aliphatic rings. The Labute approximate surface area is 111 Å². The molecule has 1 aromatic carbocycles. The normalized spacial score (nSPS) is 27.7. The Balaban J connectivity index is 1.71. The van der Waals surface area contributed by atoms with Gasteiger partial charge in [-0.1, -0.05) is 30.3 Å². The number of hydrogen-bond acceptors (Lipinski definition) is 2. The van der Waals surface area contributed by atoms with Crippen molar-refractivity contribution in [3.8, 4) is 0 Å². The molecule has 2 unspecified atom stereocenters. The van der Waals surface area contributed by atoms with Gasteiger partial charge in [0.15, 0.2) is 0 Å². The molecule has 3 rings (SSSR count). The number of fused-ring (bicyclic) bond motifs is 1. The van der Waals surface area contributed by atoms with Crippen LogP contribution in [0.5, 0.6) is 0 Å². The highest BCUT2D eigenvalue weighted by Crippen LogP contribution is 2.27. The van der Waals surface area contributed by atoms with Gasteiger partial charge >= 0.3 is 0 Å². The van der Waals surface area contributed by atoms with Crippen LogP contribution in [0.25, 0.3) is 0 Å². The molecule has 2 nitrogen and oxygen atoms in total. The summed E-state index contributed by atoms with van der Waals surface area (Å²) in [5, 5.41) is 0. The van der Waals surface area contributed by atoms with Crippen LogP contribution < -0.4 is 0 Å².